The zero-order valence-electron chi connectivity index (χ0n) is 16.1. The van der Waals surface area contributed by atoms with Crippen LogP contribution in [0.3, 0.4) is 0 Å². The van der Waals surface area contributed by atoms with Crippen molar-refractivity contribution in [2.45, 2.75) is 23.0 Å². The van der Waals surface area contributed by atoms with E-state index in [0.29, 0.717) is 33.7 Å². The Morgan fingerprint density at radius 2 is 2.03 bits per heavy atom. The van der Waals surface area contributed by atoms with Gasteiger partial charge in [0.1, 0.15) is 15.0 Å². The molecule has 0 bridgehead atoms. The van der Waals surface area contributed by atoms with Crippen molar-refractivity contribution in [2.75, 3.05) is 25.5 Å². The van der Waals surface area contributed by atoms with Gasteiger partial charge in [-0.1, -0.05) is 17.4 Å². The van der Waals surface area contributed by atoms with Gasteiger partial charge in [-0.2, -0.15) is 4.31 Å². The number of benzene rings is 1. The van der Waals surface area contributed by atoms with E-state index in [9.17, 15) is 13.2 Å². The lowest BCUT2D eigenvalue weighted by atomic mass is 10.0. The zero-order valence-corrected chi connectivity index (χ0v) is 18.6. The van der Waals surface area contributed by atoms with Crippen LogP contribution < -0.4 is 10.1 Å². The molecule has 0 spiro atoms. The number of sulfonamides is 1. The highest BCUT2D eigenvalue weighted by Gasteiger charge is 2.33. The van der Waals surface area contributed by atoms with Crippen LogP contribution in [0.4, 0.5) is 5.69 Å². The first kappa shape index (κ1) is 20.9. The van der Waals surface area contributed by atoms with Crippen LogP contribution in [0.15, 0.2) is 46.0 Å². The first-order valence-electron chi connectivity index (χ1n) is 9.30. The summed E-state index contributed by atoms with van der Waals surface area (Å²) < 4.78 is 32.6. The number of ether oxygens (including phenoxy) is 1. The standard InChI is InChI=1S/C19H20N4O4S3/c1-27-15-8-6-14(7-9-15)20-17(24)19-22-21-18(29-19)13-4-2-10-23(12-13)30(25,26)16-5-3-11-28-16/h3,5-9,11,13H,2,4,10,12H2,1H3,(H,20,24). The van der Waals surface area contributed by atoms with Gasteiger partial charge in [-0.3, -0.25) is 4.79 Å². The molecular weight excluding hydrogens is 444 g/mol. The molecule has 1 amide bonds. The van der Waals surface area contributed by atoms with E-state index in [1.807, 2.05) is 0 Å². The van der Waals surface area contributed by atoms with Gasteiger partial charge in [-0.15, -0.1) is 21.5 Å². The van der Waals surface area contributed by atoms with Crippen molar-refractivity contribution in [3.05, 3.63) is 51.8 Å². The quantitative estimate of drug-likeness (QED) is 0.600. The lowest BCUT2D eigenvalue weighted by Crippen LogP contribution is -2.38. The summed E-state index contributed by atoms with van der Waals surface area (Å²) in [5.41, 5.74) is 0.628. The van der Waals surface area contributed by atoms with Crippen molar-refractivity contribution in [1.82, 2.24) is 14.5 Å². The first-order valence-corrected chi connectivity index (χ1v) is 12.4. The number of piperidine rings is 1. The SMILES string of the molecule is COc1ccc(NC(=O)c2nnc(C3CCCN(S(=O)(=O)c4cccs4)C3)s2)cc1. The van der Waals surface area contributed by atoms with E-state index < -0.39 is 10.0 Å². The number of hydrogen-bond acceptors (Lipinski definition) is 8. The van der Waals surface area contributed by atoms with Crippen LogP contribution in [0.2, 0.25) is 0 Å². The van der Waals surface area contributed by atoms with E-state index >= 15 is 0 Å². The molecule has 0 saturated carbocycles. The number of aromatic nitrogens is 2. The molecule has 1 aliphatic heterocycles. The van der Waals surface area contributed by atoms with Crippen molar-refractivity contribution in [3.63, 3.8) is 0 Å². The maximum absolute atomic E-state index is 12.8. The molecule has 1 aliphatic rings. The molecule has 1 atom stereocenters. The van der Waals surface area contributed by atoms with Crippen LogP contribution in [0, 0.1) is 0 Å². The first-order chi connectivity index (χ1) is 14.5. The number of anilines is 1. The molecule has 0 radical (unpaired) electrons. The summed E-state index contributed by atoms with van der Waals surface area (Å²) in [6.45, 7) is 0.829. The average molecular weight is 465 g/mol. The summed E-state index contributed by atoms with van der Waals surface area (Å²) in [7, 11) is -1.92. The molecule has 1 unspecified atom stereocenters. The van der Waals surface area contributed by atoms with Crippen LogP contribution in [0.1, 0.15) is 33.6 Å². The van der Waals surface area contributed by atoms with Gasteiger partial charge in [0, 0.05) is 24.7 Å². The number of carbonyl (C=O) groups is 1. The van der Waals surface area contributed by atoms with Crippen LogP contribution in [0.5, 0.6) is 5.75 Å². The van der Waals surface area contributed by atoms with Crippen LogP contribution in [-0.2, 0) is 10.0 Å². The number of methoxy groups -OCH3 is 1. The predicted molar refractivity (Wildman–Crippen MR) is 116 cm³/mol. The Morgan fingerprint density at radius 1 is 1.23 bits per heavy atom. The molecule has 1 N–H and O–H groups in total. The number of thiophene rings is 1. The Hall–Kier alpha value is -2.34. The fourth-order valence-electron chi connectivity index (χ4n) is 3.25. The Kier molecular flexibility index (Phi) is 6.14. The molecule has 30 heavy (non-hydrogen) atoms. The van der Waals surface area contributed by atoms with E-state index in [1.165, 1.54) is 27.0 Å². The summed E-state index contributed by atoms with van der Waals surface area (Å²) >= 11 is 2.42. The minimum Gasteiger partial charge on any atom is -0.497 e. The number of amides is 1. The van der Waals surface area contributed by atoms with E-state index in [-0.39, 0.29) is 16.8 Å². The van der Waals surface area contributed by atoms with Gasteiger partial charge in [0.25, 0.3) is 15.9 Å². The number of rotatable bonds is 6. The fourth-order valence-corrected chi connectivity index (χ4v) is 6.78. The Morgan fingerprint density at radius 3 is 2.73 bits per heavy atom. The van der Waals surface area contributed by atoms with Gasteiger partial charge >= 0.3 is 0 Å². The zero-order chi connectivity index (χ0) is 21.1. The molecule has 158 valence electrons. The highest BCUT2D eigenvalue weighted by Crippen LogP contribution is 2.33. The largest absolute Gasteiger partial charge is 0.497 e. The highest BCUT2D eigenvalue weighted by atomic mass is 32.2. The molecule has 11 heteroatoms. The van der Waals surface area contributed by atoms with Crippen LogP contribution >= 0.6 is 22.7 Å². The molecule has 3 heterocycles. The number of nitrogens with zero attached hydrogens (tertiary/aromatic N) is 3. The smallest absolute Gasteiger partial charge is 0.286 e. The van der Waals surface area contributed by atoms with Crippen LogP contribution in [-0.4, -0.2) is 49.0 Å². The minimum atomic E-state index is -3.50. The molecule has 2 aromatic heterocycles. The summed E-state index contributed by atoms with van der Waals surface area (Å²) in [6, 6.07) is 10.4. The Balaban J connectivity index is 1.44. The fraction of sp³-hybridized carbons (Fsp3) is 0.316. The molecule has 3 aromatic rings. The van der Waals surface area contributed by atoms with Crippen molar-refractivity contribution in [2.24, 2.45) is 0 Å². The molecule has 1 fully saturated rings. The van der Waals surface area contributed by atoms with Crippen molar-refractivity contribution in [1.29, 1.82) is 0 Å². The normalized spacial score (nSPS) is 17.6. The minimum absolute atomic E-state index is 0.0754. The summed E-state index contributed by atoms with van der Waals surface area (Å²) in [4.78, 5) is 12.5. The highest BCUT2D eigenvalue weighted by molar-refractivity contribution is 7.91. The molecular formula is C19H20N4O4S3. The Labute approximate surface area is 182 Å². The summed E-state index contributed by atoms with van der Waals surface area (Å²) in [5, 5.41) is 13.7. The second-order valence-corrected chi connectivity index (χ2v) is 10.9. The van der Waals surface area contributed by atoms with E-state index in [4.69, 9.17) is 4.74 Å². The second kappa shape index (κ2) is 8.80. The second-order valence-electron chi connectivity index (χ2n) is 6.76. The third kappa shape index (κ3) is 4.38. The number of hydrogen-bond donors (Lipinski definition) is 1. The van der Waals surface area contributed by atoms with E-state index in [0.717, 1.165) is 12.8 Å². The third-order valence-corrected chi connectivity index (χ3v) is 9.13. The summed E-state index contributed by atoms with van der Waals surface area (Å²) in [5.74, 6) is 0.280. The van der Waals surface area contributed by atoms with Crippen molar-refractivity contribution >= 4 is 44.3 Å². The predicted octanol–water partition coefficient (Wildman–Crippen LogP) is 3.43. The van der Waals surface area contributed by atoms with E-state index in [1.54, 1.807) is 48.9 Å². The molecule has 1 saturated heterocycles. The lowest BCUT2D eigenvalue weighted by Gasteiger charge is -2.30. The van der Waals surface area contributed by atoms with Gasteiger partial charge in [0.2, 0.25) is 5.01 Å². The van der Waals surface area contributed by atoms with Gasteiger partial charge in [-0.05, 0) is 48.6 Å². The Bertz CT molecular complexity index is 1110. The van der Waals surface area contributed by atoms with Crippen LogP contribution in [0.25, 0.3) is 0 Å². The molecule has 8 nitrogen and oxygen atoms in total. The van der Waals surface area contributed by atoms with Gasteiger partial charge in [0.15, 0.2) is 0 Å². The maximum Gasteiger partial charge on any atom is 0.286 e. The van der Waals surface area contributed by atoms with Crippen molar-refractivity contribution in [3.8, 4) is 5.75 Å². The summed E-state index contributed by atoms with van der Waals surface area (Å²) in [6.07, 6.45) is 1.55. The monoisotopic (exact) mass is 464 g/mol. The molecule has 1 aromatic carbocycles. The van der Waals surface area contributed by atoms with Crippen molar-refractivity contribution < 1.29 is 17.9 Å². The average Bonchev–Trinajstić information content (AvgIpc) is 3.47. The lowest BCUT2D eigenvalue weighted by molar-refractivity contribution is 0.102. The van der Waals surface area contributed by atoms with E-state index in [2.05, 4.69) is 15.5 Å². The third-order valence-electron chi connectivity index (χ3n) is 4.81. The van der Waals surface area contributed by atoms with Gasteiger partial charge in [-0.25, -0.2) is 8.42 Å². The maximum atomic E-state index is 12.8. The number of nitrogens with one attached hydrogen (secondary N) is 1. The molecule has 4 rings (SSSR count). The number of carbonyl (C=O) groups excluding carboxylic acids is 1. The molecule has 0 aliphatic carbocycles. The topological polar surface area (TPSA) is 101 Å². The van der Waals surface area contributed by atoms with Gasteiger partial charge in [0.05, 0.1) is 7.11 Å². The van der Waals surface area contributed by atoms with Gasteiger partial charge < -0.3 is 10.1 Å².